The van der Waals surface area contributed by atoms with E-state index in [1.165, 1.54) is 20.3 Å². The van der Waals surface area contributed by atoms with Crippen molar-refractivity contribution in [2.75, 3.05) is 14.2 Å². The summed E-state index contributed by atoms with van der Waals surface area (Å²) in [6.45, 7) is 1.84. The normalized spacial score (nSPS) is 12.3. The largest absolute Gasteiger partial charge is 0.507 e. The van der Waals surface area contributed by atoms with Crippen LogP contribution in [-0.4, -0.2) is 25.4 Å². The molecule has 0 spiro atoms. The first-order valence-electron chi connectivity index (χ1n) is 4.89. The molecule has 0 aromatic heterocycles. The summed E-state index contributed by atoms with van der Waals surface area (Å²) >= 11 is 6.12. The molecule has 0 radical (unpaired) electrons. The smallest absolute Gasteiger partial charge is 0.179 e. The number of nitrogens with two attached hydrogens (primary N) is 1. The van der Waals surface area contributed by atoms with Crippen molar-refractivity contribution in [3.63, 3.8) is 0 Å². The fourth-order valence-electron chi connectivity index (χ4n) is 1.49. The summed E-state index contributed by atoms with van der Waals surface area (Å²) < 4.78 is 10.2. The Kier molecular flexibility index (Phi) is 4.26. The number of ether oxygens (including phenoxy) is 2. The molecule has 0 aliphatic heterocycles. The number of hydrogen-bond acceptors (Lipinski definition) is 4. The molecule has 16 heavy (non-hydrogen) atoms. The third kappa shape index (κ3) is 2.51. The molecule has 0 aliphatic rings. The van der Waals surface area contributed by atoms with Crippen LogP contribution in [0.1, 0.15) is 12.5 Å². The molecule has 1 aromatic carbocycles. The first-order chi connectivity index (χ1) is 7.51. The number of phenolic OH excluding ortho intramolecular Hbond substituents is 1. The predicted molar refractivity (Wildman–Crippen MR) is 63.6 cm³/mol. The van der Waals surface area contributed by atoms with Crippen LogP contribution in [0.2, 0.25) is 5.02 Å². The second kappa shape index (κ2) is 5.27. The Labute approximate surface area is 99.9 Å². The minimum Gasteiger partial charge on any atom is -0.507 e. The number of halogens is 1. The summed E-state index contributed by atoms with van der Waals surface area (Å²) in [6.07, 6.45) is 0.477. The van der Waals surface area contributed by atoms with Crippen molar-refractivity contribution < 1.29 is 14.6 Å². The van der Waals surface area contributed by atoms with Gasteiger partial charge in [0, 0.05) is 17.7 Å². The standard InChI is InChI=1S/C11H16ClNO3/c1-6(13)4-7-8(14)5-9(15-2)11(16-3)10(7)12/h5-6,14H,4,13H2,1-3H3. The van der Waals surface area contributed by atoms with Gasteiger partial charge in [0.25, 0.3) is 0 Å². The molecule has 0 heterocycles. The fraction of sp³-hybridized carbons (Fsp3) is 0.455. The van der Waals surface area contributed by atoms with Gasteiger partial charge in [0.1, 0.15) is 5.75 Å². The number of hydrogen-bond donors (Lipinski definition) is 2. The Balaban J connectivity index is 3.29. The van der Waals surface area contributed by atoms with Crippen LogP contribution < -0.4 is 15.2 Å². The molecule has 1 rings (SSSR count). The van der Waals surface area contributed by atoms with Gasteiger partial charge in [-0.1, -0.05) is 11.6 Å². The molecule has 1 atom stereocenters. The van der Waals surface area contributed by atoms with Gasteiger partial charge < -0.3 is 20.3 Å². The van der Waals surface area contributed by atoms with Gasteiger partial charge in [-0.05, 0) is 13.3 Å². The van der Waals surface area contributed by atoms with Gasteiger partial charge in [0.05, 0.1) is 19.2 Å². The molecular weight excluding hydrogens is 230 g/mol. The molecule has 0 bridgehead atoms. The van der Waals surface area contributed by atoms with Crippen LogP contribution >= 0.6 is 11.6 Å². The van der Waals surface area contributed by atoms with E-state index in [0.717, 1.165) is 0 Å². The minimum atomic E-state index is -0.0958. The van der Waals surface area contributed by atoms with Crippen molar-refractivity contribution in [1.82, 2.24) is 0 Å². The Bertz CT molecular complexity index is 380. The molecule has 90 valence electrons. The second-order valence-corrected chi connectivity index (χ2v) is 3.98. The van der Waals surface area contributed by atoms with Crippen LogP contribution in [0, 0.1) is 0 Å². The lowest BCUT2D eigenvalue weighted by molar-refractivity contribution is 0.350. The van der Waals surface area contributed by atoms with Gasteiger partial charge in [0.2, 0.25) is 0 Å². The van der Waals surface area contributed by atoms with E-state index >= 15 is 0 Å². The SMILES string of the molecule is COc1cc(O)c(CC(C)N)c(Cl)c1OC. The molecule has 1 aromatic rings. The van der Waals surface area contributed by atoms with Gasteiger partial charge >= 0.3 is 0 Å². The maximum atomic E-state index is 9.80. The van der Waals surface area contributed by atoms with E-state index in [-0.39, 0.29) is 11.8 Å². The summed E-state index contributed by atoms with van der Waals surface area (Å²) in [4.78, 5) is 0. The molecule has 0 aliphatic carbocycles. The number of benzene rings is 1. The van der Waals surface area contributed by atoms with E-state index in [4.69, 9.17) is 26.8 Å². The van der Waals surface area contributed by atoms with Crippen LogP contribution in [0.15, 0.2) is 6.07 Å². The maximum Gasteiger partial charge on any atom is 0.179 e. The van der Waals surface area contributed by atoms with Crippen LogP contribution in [-0.2, 0) is 6.42 Å². The van der Waals surface area contributed by atoms with Crippen LogP contribution in [0.4, 0.5) is 0 Å². The third-order valence-electron chi connectivity index (χ3n) is 2.22. The Hall–Kier alpha value is -1.13. The molecule has 0 fully saturated rings. The summed E-state index contributed by atoms with van der Waals surface area (Å²) in [5, 5.41) is 10.1. The highest BCUT2D eigenvalue weighted by molar-refractivity contribution is 6.33. The zero-order valence-electron chi connectivity index (χ0n) is 9.58. The van der Waals surface area contributed by atoms with E-state index in [1.54, 1.807) is 0 Å². The van der Waals surface area contributed by atoms with Crippen molar-refractivity contribution in [2.24, 2.45) is 5.73 Å². The summed E-state index contributed by atoms with van der Waals surface area (Å²) in [5.41, 5.74) is 6.26. The van der Waals surface area contributed by atoms with Gasteiger partial charge in [0.15, 0.2) is 11.5 Å². The number of rotatable bonds is 4. The molecular formula is C11H16ClNO3. The van der Waals surface area contributed by atoms with Crippen molar-refractivity contribution >= 4 is 11.6 Å². The topological polar surface area (TPSA) is 64.7 Å². The van der Waals surface area contributed by atoms with Crippen molar-refractivity contribution in [1.29, 1.82) is 0 Å². The van der Waals surface area contributed by atoms with E-state index in [9.17, 15) is 5.11 Å². The molecule has 0 saturated carbocycles. The average Bonchev–Trinajstić information content (AvgIpc) is 2.23. The monoisotopic (exact) mass is 245 g/mol. The van der Waals surface area contributed by atoms with Crippen molar-refractivity contribution in [3.05, 3.63) is 16.7 Å². The maximum absolute atomic E-state index is 9.80. The predicted octanol–water partition coefficient (Wildman–Crippen LogP) is 1.95. The zero-order valence-corrected chi connectivity index (χ0v) is 10.3. The van der Waals surface area contributed by atoms with Crippen molar-refractivity contribution in [2.45, 2.75) is 19.4 Å². The van der Waals surface area contributed by atoms with Crippen LogP contribution in [0.25, 0.3) is 0 Å². The number of phenols is 1. The van der Waals surface area contributed by atoms with Crippen LogP contribution in [0.5, 0.6) is 17.2 Å². The number of aromatic hydroxyl groups is 1. The Morgan fingerprint density at radius 2 is 2.06 bits per heavy atom. The molecule has 3 N–H and O–H groups in total. The molecule has 5 heteroatoms. The summed E-state index contributed by atoms with van der Waals surface area (Å²) in [5.74, 6) is 0.885. The highest BCUT2D eigenvalue weighted by Gasteiger charge is 2.18. The van der Waals surface area contributed by atoms with Crippen molar-refractivity contribution in [3.8, 4) is 17.2 Å². The summed E-state index contributed by atoms with van der Waals surface area (Å²) in [7, 11) is 2.98. The quantitative estimate of drug-likeness (QED) is 0.851. The van der Waals surface area contributed by atoms with Gasteiger partial charge in [-0.15, -0.1) is 0 Å². The second-order valence-electron chi connectivity index (χ2n) is 3.61. The Morgan fingerprint density at radius 1 is 1.44 bits per heavy atom. The lowest BCUT2D eigenvalue weighted by atomic mass is 10.1. The minimum absolute atomic E-state index is 0.0694. The van der Waals surface area contributed by atoms with Gasteiger partial charge in [-0.25, -0.2) is 0 Å². The highest BCUT2D eigenvalue weighted by Crippen LogP contribution is 2.42. The number of methoxy groups -OCH3 is 2. The van der Waals surface area contributed by atoms with Crippen LogP contribution in [0.3, 0.4) is 0 Å². The van der Waals surface area contributed by atoms with Gasteiger partial charge in [-0.3, -0.25) is 0 Å². The zero-order chi connectivity index (χ0) is 12.3. The molecule has 1 unspecified atom stereocenters. The lowest BCUT2D eigenvalue weighted by Crippen LogP contribution is -2.18. The average molecular weight is 246 g/mol. The fourth-order valence-corrected chi connectivity index (χ4v) is 1.84. The van der Waals surface area contributed by atoms with E-state index in [0.29, 0.717) is 28.5 Å². The lowest BCUT2D eigenvalue weighted by Gasteiger charge is -2.15. The summed E-state index contributed by atoms with van der Waals surface area (Å²) in [6, 6.07) is 1.38. The molecule has 0 saturated heterocycles. The van der Waals surface area contributed by atoms with Gasteiger partial charge in [-0.2, -0.15) is 0 Å². The Morgan fingerprint density at radius 3 is 2.50 bits per heavy atom. The first-order valence-corrected chi connectivity index (χ1v) is 5.27. The van der Waals surface area contributed by atoms with E-state index in [1.807, 2.05) is 6.92 Å². The first kappa shape index (κ1) is 12.9. The highest BCUT2D eigenvalue weighted by atomic mass is 35.5. The molecule has 0 amide bonds. The third-order valence-corrected chi connectivity index (χ3v) is 2.61. The molecule has 4 nitrogen and oxygen atoms in total. The van der Waals surface area contributed by atoms with E-state index in [2.05, 4.69) is 0 Å². The van der Waals surface area contributed by atoms with E-state index < -0.39 is 0 Å².